The zero-order valence-corrected chi connectivity index (χ0v) is 11.1. The van der Waals surface area contributed by atoms with E-state index in [0.717, 1.165) is 23.7 Å². The Morgan fingerprint density at radius 2 is 2.06 bits per heavy atom. The molecule has 1 aromatic carbocycles. The highest BCUT2D eigenvalue weighted by Crippen LogP contribution is 2.43. The van der Waals surface area contributed by atoms with Gasteiger partial charge in [0.25, 0.3) is 0 Å². The molecule has 0 amide bonds. The molecule has 0 heterocycles. The van der Waals surface area contributed by atoms with Crippen molar-refractivity contribution in [2.45, 2.75) is 32.2 Å². The molecule has 1 aliphatic carbocycles. The summed E-state index contributed by atoms with van der Waals surface area (Å²) in [6.45, 7) is 3.57. The van der Waals surface area contributed by atoms with Gasteiger partial charge in [0.15, 0.2) is 0 Å². The van der Waals surface area contributed by atoms with E-state index in [1.165, 1.54) is 12.8 Å². The van der Waals surface area contributed by atoms with Gasteiger partial charge in [-0.25, -0.2) is 0 Å². The predicted molar refractivity (Wildman–Crippen MR) is 74.4 cm³/mol. The van der Waals surface area contributed by atoms with E-state index in [1.807, 2.05) is 18.2 Å². The van der Waals surface area contributed by atoms with Crippen LogP contribution in [0.15, 0.2) is 24.3 Å². The molecule has 100 valence electrons. The van der Waals surface area contributed by atoms with Crippen LogP contribution in [0, 0.1) is 11.8 Å². The van der Waals surface area contributed by atoms with Gasteiger partial charge in [0.2, 0.25) is 0 Å². The highest BCUT2D eigenvalue weighted by atomic mass is 16.5. The van der Waals surface area contributed by atoms with Crippen molar-refractivity contribution >= 4 is 0 Å². The van der Waals surface area contributed by atoms with E-state index in [1.54, 1.807) is 0 Å². The van der Waals surface area contributed by atoms with Crippen molar-refractivity contribution in [2.75, 3.05) is 13.2 Å². The van der Waals surface area contributed by atoms with Crippen LogP contribution >= 0.6 is 0 Å². The fourth-order valence-electron chi connectivity index (χ4n) is 2.35. The zero-order valence-electron chi connectivity index (χ0n) is 11.1. The molecular weight excluding hydrogens is 224 g/mol. The van der Waals surface area contributed by atoms with E-state index >= 15 is 0 Å². The molecule has 0 aromatic heterocycles. The first-order chi connectivity index (χ1) is 8.74. The van der Waals surface area contributed by atoms with Crippen molar-refractivity contribution in [3.63, 3.8) is 0 Å². The van der Waals surface area contributed by atoms with Gasteiger partial charge in [0.05, 0.1) is 6.61 Å². The minimum absolute atomic E-state index is 0.0755. The molecule has 1 aromatic rings. The first-order valence-electron chi connectivity index (χ1n) is 6.91. The Kier molecular flexibility index (Phi) is 4.61. The van der Waals surface area contributed by atoms with E-state index in [-0.39, 0.29) is 6.04 Å². The first-order valence-corrected chi connectivity index (χ1v) is 6.91. The number of ether oxygens (including phenoxy) is 1. The van der Waals surface area contributed by atoms with Crippen molar-refractivity contribution in [3.8, 4) is 5.75 Å². The van der Waals surface area contributed by atoms with Crippen LogP contribution in [-0.2, 0) is 0 Å². The molecular formula is C15H24N2O. The van der Waals surface area contributed by atoms with Crippen molar-refractivity contribution < 1.29 is 4.74 Å². The van der Waals surface area contributed by atoms with E-state index in [9.17, 15) is 0 Å². The lowest BCUT2D eigenvalue weighted by atomic mass is 9.91. The van der Waals surface area contributed by atoms with Gasteiger partial charge >= 0.3 is 0 Å². The Morgan fingerprint density at radius 1 is 1.33 bits per heavy atom. The summed E-state index contributed by atoms with van der Waals surface area (Å²) >= 11 is 0. The molecule has 18 heavy (non-hydrogen) atoms. The molecule has 2 unspecified atom stereocenters. The van der Waals surface area contributed by atoms with Gasteiger partial charge in [0, 0.05) is 11.6 Å². The van der Waals surface area contributed by atoms with Crippen molar-refractivity contribution in [1.82, 2.24) is 0 Å². The monoisotopic (exact) mass is 248 g/mol. The molecule has 1 saturated carbocycles. The molecule has 0 radical (unpaired) electrons. The second kappa shape index (κ2) is 6.21. The van der Waals surface area contributed by atoms with Gasteiger partial charge in [0.1, 0.15) is 5.75 Å². The summed E-state index contributed by atoms with van der Waals surface area (Å²) in [5.74, 6) is 2.26. The highest BCUT2D eigenvalue weighted by molar-refractivity contribution is 5.36. The summed E-state index contributed by atoms with van der Waals surface area (Å²) in [6, 6.07) is 8.19. The average molecular weight is 248 g/mol. The maximum Gasteiger partial charge on any atom is 0.124 e. The summed E-state index contributed by atoms with van der Waals surface area (Å²) in [5.41, 5.74) is 13.0. The molecule has 0 bridgehead atoms. The van der Waals surface area contributed by atoms with E-state index in [4.69, 9.17) is 16.2 Å². The molecule has 1 aliphatic rings. The number of para-hydroxylation sites is 1. The SMILES string of the molecule is CC(C1CC1)C(N)c1ccccc1OCCCN. The van der Waals surface area contributed by atoms with Gasteiger partial charge in [-0.15, -0.1) is 0 Å². The minimum atomic E-state index is 0.0755. The number of hydrogen-bond acceptors (Lipinski definition) is 3. The Labute approximate surface area is 110 Å². The smallest absolute Gasteiger partial charge is 0.124 e. The second-order valence-corrected chi connectivity index (χ2v) is 5.25. The molecule has 4 N–H and O–H groups in total. The Balaban J connectivity index is 2.05. The predicted octanol–water partition coefficient (Wildman–Crippen LogP) is 2.46. The van der Waals surface area contributed by atoms with Gasteiger partial charge in [-0.2, -0.15) is 0 Å². The second-order valence-electron chi connectivity index (χ2n) is 5.25. The largest absolute Gasteiger partial charge is 0.493 e. The highest BCUT2D eigenvalue weighted by Gasteiger charge is 2.33. The summed E-state index contributed by atoms with van der Waals surface area (Å²) in [5, 5.41) is 0. The molecule has 2 atom stereocenters. The lowest BCUT2D eigenvalue weighted by molar-refractivity contribution is 0.302. The van der Waals surface area contributed by atoms with Crippen LogP contribution in [0.4, 0.5) is 0 Å². The third-order valence-electron chi connectivity index (χ3n) is 3.82. The number of rotatable bonds is 7. The fraction of sp³-hybridized carbons (Fsp3) is 0.600. The average Bonchev–Trinajstić information content (AvgIpc) is 3.22. The van der Waals surface area contributed by atoms with Crippen molar-refractivity contribution in [1.29, 1.82) is 0 Å². The maximum absolute atomic E-state index is 6.38. The molecule has 0 saturated heterocycles. The molecule has 3 nitrogen and oxygen atoms in total. The standard InChI is InChI=1S/C15H24N2O/c1-11(12-7-8-12)15(17)13-5-2-3-6-14(13)18-10-4-9-16/h2-3,5-6,11-12,15H,4,7-10,16-17H2,1H3. The maximum atomic E-state index is 6.38. The van der Waals surface area contributed by atoms with Crippen LogP contribution in [-0.4, -0.2) is 13.2 Å². The lowest BCUT2D eigenvalue weighted by Gasteiger charge is -2.22. The molecule has 3 heteroatoms. The normalized spacial score (nSPS) is 18.4. The quantitative estimate of drug-likeness (QED) is 0.729. The van der Waals surface area contributed by atoms with Crippen LogP contribution in [0.1, 0.15) is 37.8 Å². The molecule has 0 aliphatic heterocycles. The lowest BCUT2D eigenvalue weighted by Crippen LogP contribution is -2.21. The summed E-state index contributed by atoms with van der Waals surface area (Å²) in [4.78, 5) is 0. The van der Waals surface area contributed by atoms with Gasteiger partial charge < -0.3 is 16.2 Å². The Hall–Kier alpha value is -1.06. The first kappa shape index (κ1) is 13.4. The molecule has 2 rings (SSSR count). The number of hydrogen-bond donors (Lipinski definition) is 2. The third-order valence-corrected chi connectivity index (χ3v) is 3.82. The van der Waals surface area contributed by atoms with Gasteiger partial charge in [-0.1, -0.05) is 25.1 Å². The van der Waals surface area contributed by atoms with E-state index < -0.39 is 0 Å². The van der Waals surface area contributed by atoms with Crippen LogP contribution in [0.5, 0.6) is 5.75 Å². The van der Waals surface area contributed by atoms with Crippen molar-refractivity contribution in [2.24, 2.45) is 23.3 Å². The minimum Gasteiger partial charge on any atom is -0.493 e. The van der Waals surface area contributed by atoms with Crippen molar-refractivity contribution in [3.05, 3.63) is 29.8 Å². The van der Waals surface area contributed by atoms with Gasteiger partial charge in [-0.3, -0.25) is 0 Å². The van der Waals surface area contributed by atoms with Gasteiger partial charge in [-0.05, 0) is 43.7 Å². The topological polar surface area (TPSA) is 61.3 Å². The van der Waals surface area contributed by atoms with Crippen LogP contribution in [0.2, 0.25) is 0 Å². The molecule has 0 spiro atoms. The zero-order chi connectivity index (χ0) is 13.0. The van der Waals surface area contributed by atoms with Crippen LogP contribution in [0.3, 0.4) is 0 Å². The Morgan fingerprint density at radius 3 is 2.72 bits per heavy atom. The van der Waals surface area contributed by atoms with Crippen LogP contribution < -0.4 is 16.2 Å². The fourth-order valence-corrected chi connectivity index (χ4v) is 2.35. The summed E-state index contributed by atoms with van der Waals surface area (Å²) in [6.07, 6.45) is 3.53. The summed E-state index contributed by atoms with van der Waals surface area (Å²) < 4.78 is 5.79. The summed E-state index contributed by atoms with van der Waals surface area (Å²) in [7, 11) is 0. The Bertz CT molecular complexity index is 377. The van der Waals surface area contributed by atoms with E-state index in [2.05, 4.69) is 13.0 Å². The van der Waals surface area contributed by atoms with Crippen LogP contribution in [0.25, 0.3) is 0 Å². The third kappa shape index (κ3) is 3.24. The number of benzene rings is 1. The number of nitrogens with two attached hydrogens (primary N) is 2. The molecule has 1 fully saturated rings. The van der Waals surface area contributed by atoms with E-state index in [0.29, 0.717) is 19.1 Å².